The minimum absolute atomic E-state index is 0.0462. The van der Waals surface area contributed by atoms with E-state index >= 15 is 0 Å². The zero-order valence-electron chi connectivity index (χ0n) is 24.6. The summed E-state index contributed by atoms with van der Waals surface area (Å²) in [6, 6.07) is 5.72. The molecule has 1 aromatic heterocycles. The molecule has 2 bridgehead atoms. The molecular formula is C32H41F6N3O2. The van der Waals surface area contributed by atoms with E-state index in [1.54, 1.807) is 0 Å². The summed E-state index contributed by atoms with van der Waals surface area (Å²) in [7, 11) is 0. The maximum atomic E-state index is 13.6. The summed E-state index contributed by atoms with van der Waals surface area (Å²) in [6.45, 7) is 3.59. The molecule has 238 valence electrons. The standard InChI is InChI=1S/C32H41F6N3O2/c1-2-3-4-5-6-7-8-24(21-9-10-21)20-42-27-17-25(31(33,34)35)13-14-26(27)43-30-22-11-12-23(30)19-41(18-22)29-16-15-28(39-40-29)32(36,37)38/h13-17,21-24,30H,2-12,18-20H2,1H3. The number of hydrogen-bond donors (Lipinski definition) is 0. The number of ether oxygens (including phenoxy) is 2. The van der Waals surface area contributed by atoms with Crippen LogP contribution in [0.5, 0.6) is 11.5 Å². The molecule has 0 spiro atoms. The minimum Gasteiger partial charge on any atom is -0.489 e. The number of halogens is 6. The Labute approximate surface area is 249 Å². The highest BCUT2D eigenvalue weighted by Gasteiger charge is 2.45. The zero-order chi connectivity index (χ0) is 30.6. The van der Waals surface area contributed by atoms with Crippen molar-refractivity contribution in [2.75, 3.05) is 24.6 Å². The maximum absolute atomic E-state index is 13.6. The van der Waals surface area contributed by atoms with E-state index in [1.165, 1.54) is 44.2 Å². The van der Waals surface area contributed by atoms with Crippen molar-refractivity contribution in [3.05, 3.63) is 41.6 Å². The Morgan fingerprint density at radius 2 is 1.51 bits per heavy atom. The van der Waals surface area contributed by atoms with Gasteiger partial charge in [0.1, 0.15) is 6.10 Å². The van der Waals surface area contributed by atoms with E-state index in [0.29, 0.717) is 43.1 Å². The third-order valence-corrected chi connectivity index (χ3v) is 9.22. The van der Waals surface area contributed by atoms with Gasteiger partial charge < -0.3 is 14.4 Å². The number of benzene rings is 1. The summed E-state index contributed by atoms with van der Waals surface area (Å²) in [6.07, 6.45) is 2.87. The van der Waals surface area contributed by atoms with Crippen LogP contribution in [0.4, 0.5) is 32.2 Å². The molecule has 5 nitrogen and oxygen atoms in total. The Balaban J connectivity index is 1.24. The number of unbranched alkanes of at least 4 members (excludes halogenated alkanes) is 5. The van der Waals surface area contributed by atoms with Gasteiger partial charge in [-0.05, 0) is 74.3 Å². The molecule has 2 aliphatic carbocycles. The van der Waals surface area contributed by atoms with Crippen LogP contribution in [0, 0.1) is 23.7 Å². The van der Waals surface area contributed by atoms with Crippen molar-refractivity contribution in [1.82, 2.24) is 10.2 Å². The molecule has 3 atom stereocenters. The number of nitrogens with zero attached hydrogens (tertiary/aromatic N) is 3. The minimum atomic E-state index is -4.56. The Bertz CT molecular complexity index is 1170. The summed E-state index contributed by atoms with van der Waals surface area (Å²) in [5.41, 5.74) is -1.81. The third-order valence-electron chi connectivity index (χ3n) is 9.22. The topological polar surface area (TPSA) is 47.5 Å². The third kappa shape index (κ3) is 8.26. The molecule has 0 N–H and O–H groups in total. The van der Waals surface area contributed by atoms with Crippen LogP contribution in [0.25, 0.3) is 0 Å². The summed E-state index contributed by atoms with van der Waals surface area (Å²) >= 11 is 0. The largest absolute Gasteiger partial charge is 0.489 e. The van der Waals surface area contributed by atoms with Gasteiger partial charge in [0.05, 0.1) is 12.2 Å². The molecule has 3 fully saturated rings. The van der Waals surface area contributed by atoms with Crippen LogP contribution in [0.1, 0.15) is 88.8 Å². The van der Waals surface area contributed by atoms with Gasteiger partial charge in [-0.15, -0.1) is 10.2 Å². The van der Waals surface area contributed by atoms with Crippen LogP contribution in [0.3, 0.4) is 0 Å². The summed E-state index contributed by atoms with van der Waals surface area (Å²) in [5, 5.41) is 7.16. The van der Waals surface area contributed by atoms with Crippen molar-refractivity contribution < 1.29 is 35.8 Å². The highest BCUT2D eigenvalue weighted by molar-refractivity contribution is 5.45. The molecule has 3 unspecified atom stereocenters. The lowest BCUT2D eigenvalue weighted by Gasteiger charge is -2.38. The van der Waals surface area contributed by atoms with E-state index in [0.717, 1.165) is 56.7 Å². The average molecular weight is 614 g/mol. The lowest BCUT2D eigenvalue weighted by Crippen LogP contribution is -2.47. The summed E-state index contributed by atoms with van der Waals surface area (Å²) in [5.74, 6) is 1.79. The van der Waals surface area contributed by atoms with Crippen LogP contribution >= 0.6 is 0 Å². The van der Waals surface area contributed by atoms with Crippen molar-refractivity contribution in [2.24, 2.45) is 23.7 Å². The van der Waals surface area contributed by atoms with Gasteiger partial charge in [-0.25, -0.2) is 0 Å². The maximum Gasteiger partial charge on any atom is 0.435 e. The van der Waals surface area contributed by atoms with Crippen LogP contribution in [0.15, 0.2) is 30.3 Å². The average Bonchev–Trinajstić information content (AvgIpc) is 3.78. The van der Waals surface area contributed by atoms with E-state index < -0.39 is 23.6 Å². The number of alkyl halides is 6. The fourth-order valence-corrected chi connectivity index (χ4v) is 6.64. The van der Waals surface area contributed by atoms with Crippen LogP contribution in [-0.2, 0) is 12.4 Å². The molecule has 5 rings (SSSR count). The van der Waals surface area contributed by atoms with Gasteiger partial charge in [-0.3, -0.25) is 0 Å². The van der Waals surface area contributed by atoms with Gasteiger partial charge in [-0.1, -0.05) is 45.4 Å². The molecule has 0 amide bonds. The first-order valence-electron chi connectivity index (χ1n) is 15.7. The van der Waals surface area contributed by atoms with Gasteiger partial charge in [0, 0.05) is 24.9 Å². The van der Waals surface area contributed by atoms with E-state index in [2.05, 4.69) is 17.1 Å². The second-order valence-corrected chi connectivity index (χ2v) is 12.5. The predicted molar refractivity (Wildman–Crippen MR) is 151 cm³/mol. The first-order valence-corrected chi connectivity index (χ1v) is 15.7. The lowest BCUT2D eigenvalue weighted by atomic mass is 9.94. The summed E-state index contributed by atoms with van der Waals surface area (Å²) in [4.78, 5) is 1.92. The van der Waals surface area contributed by atoms with Crippen LogP contribution in [-0.4, -0.2) is 36.0 Å². The molecule has 2 aromatic rings. The number of anilines is 1. The van der Waals surface area contributed by atoms with E-state index in [4.69, 9.17) is 9.47 Å². The quantitative estimate of drug-likeness (QED) is 0.157. The lowest BCUT2D eigenvalue weighted by molar-refractivity contribution is -0.141. The second-order valence-electron chi connectivity index (χ2n) is 12.5. The Kier molecular flexibility index (Phi) is 9.96. The predicted octanol–water partition coefficient (Wildman–Crippen LogP) is 8.96. The van der Waals surface area contributed by atoms with Crippen LogP contribution in [0.2, 0.25) is 0 Å². The van der Waals surface area contributed by atoms with Crippen molar-refractivity contribution in [3.63, 3.8) is 0 Å². The number of fused-ring (bicyclic) bond motifs is 2. The molecule has 0 radical (unpaired) electrons. The van der Waals surface area contributed by atoms with Crippen LogP contribution < -0.4 is 14.4 Å². The van der Waals surface area contributed by atoms with Crippen molar-refractivity contribution in [3.8, 4) is 11.5 Å². The molecule has 43 heavy (non-hydrogen) atoms. The van der Waals surface area contributed by atoms with Crippen molar-refractivity contribution >= 4 is 5.82 Å². The van der Waals surface area contributed by atoms with Gasteiger partial charge in [0.25, 0.3) is 0 Å². The van der Waals surface area contributed by atoms with E-state index in [-0.39, 0.29) is 23.7 Å². The Morgan fingerprint density at radius 1 is 0.814 bits per heavy atom. The molecule has 3 aliphatic rings. The SMILES string of the molecule is CCCCCCCCC(COc1cc(C(F)(F)F)ccc1OC1C2CCC1CN(c1ccc(C(F)(F)F)nn1)C2)C1CC1. The number of piperidine rings is 1. The zero-order valence-corrected chi connectivity index (χ0v) is 24.6. The van der Waals surface area contributed by atoms with Gasteiger partial charge in [0.15, 0.2) is 23.0 Å². The fraction of sp³-hybridized carbons (Fsp3) is 0.688. The van der Waals surface area contributed by atoms with E-state index in [1.807, 2.05) is 4.90 Å². The number of aromatic nitrogens is 2. The van der Waals surface area contributed by atoms with Crippen molar-refractivity contribution in [2.45, 2.75) is 96.0 Å². The molecular weight excluding hydrogens is 572 g/mol. The van der Waals surface area contributed by atoms with Gasteiger partial charge >= 0.3 is 12.4 Å². The second kappa shape index (κ2) is 13.5. The monoisotopic (exact) mass is 613 g/mol. The van der Waals surface area contributed by atoms with Crippen molar-refractivity contribution in [1.29, 1.82) is 0 Å². The first kappa shape index (κ1) is 31.7. The molecule has 2 saturated carbocycles. The molecule has 2 heterocycles. The molecule has 11 heteroatoms. The molecule has 1 aliphatic heterocycles. The Hall–Kier alpha value is -2.72. The highest BCUT2D eigenvalue weighted by Crippen LogP contribution is 2.45. The normalized spacial score (nSPS) is 23.0. The van der Waals surface area contributed by atoms with Gasteiger partial charge in [-0.2, -0.15) is 26.3 Å². The number of rotatable bonds is 14. The fourth-order valence-electron chi connectivity index (χ4n) is 6.64. The number of hydrogen-bond acceptors (Lipinski definition) is 5. The molecule has 1 saturated heterocycles. The highest BCUT2D eigenvalue weighted by atomic mass is 19.4. The smallest absolute Gasteiger partial charge is 0.435 e. The molecule has 1 aromatic carbocycles. The Morgan fingerprint density at radius 3 is 2.12 bits per heavy atom. The van der Waals surface area contributed by atoms with E-state index in [9.17, 15) is 26.3 Å². The first-order chi connectivity index (χ1) is 20.5. The van der Waals surface area contributed by atoms with Gasteiger partial charge in [0.2, 0.25) is 0 Å². The summed E-state index contributed by atoms with van der Waals surface area (Å²) < 4.78 is 92.3.